The van der Waals surface area contributed by atoms with Gasteiger partial charge in [-0.05, 0) is 37.0 Å². The third-order valence-corrected chi connectivity index (χ3v) is 4.73. The van der Waals surface area contributed by atoms with E-state index in [1.807, 2.05) is 48.5 Å². The highest BCUT2D eigenvalue weighted by atomic mass is 16.2. The lowest BCUT2D eigenvalue weighted by molar-refractivity contribution is -0.121. The molecule has 0 saturated carbocycles. The molecule has 0 radical (unpaired) electrons. The van der Waals surface area contributed by atoms with E-state index < -0.39 is 0 Å². The van der Waals surface area contributed by atoms with Crippen LogP contribution in [-0.4, -0.2) is 36.5 Å². The molecule has 1 aliphatic rings. The summed E-state index contributed by atoms with van der Waals surface area (Å²) in [7, 11) is 0. The van der Waals surface area contributed by atoms with Crippen LogP contribution in [0.3, 0.4) is 0 Å². The van der Waals surface area contributed by atoms with Crippen LogP contribution in [0.2, 0.25) is 0 Å². The van der Waals surface area contributed by atoms with E-state index in [9.17, 15) is 9.59 Å². The molecule has 2 N–H and O–H groups in total. The van der Waals surface area contributed by atoms with E-state index in [0.29, 0.717) is 32.5 Å². The normalized spacial score (nSPS) is 14.7. The van der Waals surface area contributed by atoms with Gasteiger partial charge in [-0.25, -0.2) is 4.79 Å². The number of benzene rings is 2. The predicted molar refractivity (Wildman–Crippen MR) is 103 cm³/mol. The van der Waals surface area contributed by atoms with Gasteiger partial charge in [-0.1, -0.05) is 48.5 Å². The maximum Gasteiger partial charge on any atom is 0.317 e. The summed E-state index contributed by atoms with van der Waals surface area (Å²) in [4.78, 5) is 26.4. The summed E-state index contributed by atoms with van der Waals surface area (Å²) < 4.78 is 0. The molecule has 3 amide bonds. The molecular weight excluding hydrogens is 326 g/mol. The largest absolute Gasteiger partial charge is 0.338 e. The van der Waals surface area contributed by atoms with Gasteiger partial charge in [-0.15, -0.1) is 0 Å². The van der Waals surface area contributed by atoms with Gasteiger partial charge in [0.25, 0.3) is 0 Å². The monoisotopic (exact) mass is 351 g/mol. The minimum absolute atomic E-state index is 0.0384. The Kier molecular flexibility index (Phi) is 6.25. The number of likely N-dealkylation sites (tertiary alicyclic amines) is 1. The van der Waals surface area contributed by atoms with Crippen molar-refractivity contribution >= 4 is 17.6 Å². The number of rotatable bonds is 5. The summed E-state index contributed by atoms with van der Waals surface area (Å²) in [5.74, 6) is 0.00362. The lowest BCUT2D eigenvalue weighted by Gasteiger charge is -2.31. The lowest BCUT2D eigenvalue weighted by Crippen LogP contribution is -2.46. The zero-order chi connectivity index (χ0) is 18.2. The second-order valence-electron chi connectivity index (χ2n) is 6.58. The summed E-state index contributed by atoms with van der Waals surface area (Å²) in [6.07, 6.45) is 2.22. The number of para-hydroxylation sites is 1. The van der Waals surface area contributed by atoms with Gasteiger partial charge in [-0.3, -0.25) is 4.79 Å². The van der Waals surface area contributed by atoms with Crippen molar-refractivity contribution in [2.45, 2.75) is 19.3 Å². The Morgan fingerprint density at radius 1 is 0.923 bits per heavy atom. The highest BCUT2D eigenvalue weighted by Crippen LogP contribution is 2.19. The number of urea groups is 1. The van der Waals surface area contributed by atoms with E-state index in [2.05, 4.69) is 22.8 Å². The van der Waals surface area contributed by atoms with Crippen molar-refractivity contribution in [2.24, 2.45) is 5.92 Å². The van der Waals surface area contributed by atoms with Crippen LogP contribution in [0, 0.1) is 5.92 Å². The summed E-state index contributed by atoms with van der Waals surface area (Å²) in [5.41, 5.74) is 2.03. The second-order valence-corrected chi connectivity index (χ2v) is 6.58. The van der Waals surface area contributed by atoms with E-state index in [1.54, 1.807) is 4.90 Å². The molecule has 0 spiro atoms. The fraction of sp³-hybridized carbons (Fsp3) is 0.333. The van der Waals surface area contributed by atoms with Gasteiger partial charge in [0.05, 0.1) is 0 Å². The van der Waals surface area contributed by atoms with Gasteiger partial charge in [0, 0.05) is 31.2 Å². The fourth-order valence-corrected chi connectivity index (χ4v) is 3.18. The number of nitrogens with zero attached hydrogens (tertiary/aromatic N) is 1. The molecule has 2 aromatic rings. The zero-order valence-electron chi connectivity index (χ0n) is 14.9. The van der Waals surface area contributed by atoms with E-state index in [-0.39, 0.29) is 17.9 Å². The highest BCUT2D eigenvalue weighted by Gasteiger charge is 2.27. The number of anilines is 1. The van der Waals surface area contributed by atoms with Crippen molar-refractivity contribution in [2.75, 3.05) is 25.0 Å². The Morgan fingerprint density at radius 2 is 1.54 bits per heavy atom. The third-order valence-electron chi connectivity index (χ3n) is 4.73. The van der Waals surface area contributed by atoms with Crippen molar-refractivity contribution in [1.29, 1.82) is 0 Å². The van der Waals surface area contributed by atoms with Crippen LogP contribution in [0.15, 0.2) is 60.7 Å². The number of piperidine rings is 1. The summed E-state index contributed by atoms with van der Waals surface area (Å²) in [5, 5.41) is 5.92. The average molecular weight is 351 g/mol. The first kappa shape index (κ1) is 18.0. The molecule has 0 atom stereocenters. The first-order valence-electron chi connectivity index (χ1n) is 9.15. The van der Waals surface area contributed by atoms with E-state index >= 15 is 0 Å². The minimum Gasteiger partial charge on any atom is -0.338 e. The molecule has 5 heteroatoms. The third kappa shape index (κ3) is 5.09. The van der Waals surface area contributed by atoms with Gasteiger partial charge in [0.2, 0.25) is 5.91 Å². The Labute approximate surface area is 154 Å². The lowest BCUT2D eigenvalue weighted by atomic mass is 9.96. The molecule has 0 unspecified atom stereocenters. The molecule has 0 aliphatic carbocycles. The van der Waals surface area contributed by atoms with Crippen LogP contribution >= 0.6 is 0 Å². The van der Waals surface area contributed by atoms with Crippen molar-refractivity contribution in [3.8, 4) is 0 Å². The molecule has 2 aromatic carbocycles. The van der Waals surface area contributed by atoms with Crippen LogP contribution in [-0.2, 0) is 11.2 Å². The van der Waals surface area contributed by atoms with Gasteiger partial charge >= 0.3 is 6.03 Å². The molecule has 1 saturated heterocycles. The maximum atomic E-state index is 12.3. The van der Waals surface area contributed by atoms with Crippen LogP contribution in [0.5, 0.6) is 0 Å². The van der Waals surface area contributed by atoms with Crippen molar-refractivity contribution < 1.29 is 9.59 Å². The fourth-order valence-electron chi connectivity index (χ4n) is 3.18. The number of amides is 3. The minimum atomic E-state index is -0.0390. The quantitative estimate of drug-likeness (QED) is 0.868. The van der Waals surface area contributed by atoms with Crippen LogP contribution in [0.1, 0.15) is 18.4 Å². The van der Waals surface area contributed by atoms with Gasteiger partial charge in [0.15, 0.2) is 0 Å². The van der Waals surface area contributed by atoms with Crippen LogP contribution in [0.4, 0.5) is 10.5 Å². The van der Waals surface area contributed by atoms with Crippen molar-refractivity contribution in [1.82, 2.24) is 10.2 Å². The predicted octanol–water partition coefficient (Wildman–Crippen LogP) is 3.29. The van der Waals surface area contributed by atoms with Crippen molar-refractivity contribution in [3.05, 3.63) is 66.2 Å². The molecule has 1 fully saturated rings. The highest BCUT2D eigenvalue weighted by molar-refractivity contribution is 5.92. The molecule has 26 heavy (non-hydrogen) atoms. The average Bonchev–Trinajstić information content (AvgIpc) is 2.69. The molecule has 0 aromatic heterocycles. The number of hydrogen-bond donors (Lipinski definition) is 2. The molecule has 136 valence electrons. The van der Waals surface area contributed by atoms with Crippen LogP contribution < -0.4 is 10.6 Å². The standard InChI is InChI=1S/C21H25N3O2/c25-20(23-19-9-5-2-6-10-19)18-12-15-24(16-13-18)21(26)22-14-11-17-7-3-1-4-8-17/h1-10,18H,11-16H2,(H,22,26)(H,23,25). The summed E-state index contributed by atoms with van der Waals surface area (Å²) >= 11 is 0. The second kappa shape index (κ2) is 9.04. The Bertz CT molecular complexity index is 711. The summed E-state index contributed by atoms with van der Waals surface area (Å²) in [6.45, 7) is 1.85. The number of carbonyl (C=O) groups is 2. The van der Waals surface area contributed by atoms with Gasteiger partial charge in [-0.2, -0.15) is 0 Å². The Balaban J connectivity index is 1.38. The first-order valence-corrected chi connectivity index (χ1v) is 9.15. The molecule has 1 heterocycles. The summed E-state index contributed by atoms with van der Waals surface area (Å²) in [6, 6.07) is 19.6. The van der Waals surface area contributed by atoms with Crippen molar-refractivity contribution in [3.63, 3.8) is 0 Å². The SMILES string of the molecule is O=C(Nc1ccccc1)C1CCN(C(=O)NCCc2ccccc2)CC1. The first-order chi connectivity index (χ1) is 12.7. The zero-order valence-corrected chi connectivity index (χ0v) is 14.9. The van der Waals surface area contributed by atoms with Crippen LogP contribution in [0.25, 0.3) is 0 Å². The van der Waals surface area contributed by atoms with E-state index in [0.717, 1.165) is 12.1 Å². The maximum absolute atomic E-state index is 12.3. The van der Waals surface area contributed by atoms with E-state index in [1.165, 1.54) is 5.56 Å². The molecule has 1 aliphatic heterocycles. The van der Waals surface area contributed by atoms with Gasteiger partial charge in [0.1, 0.15) is 0 Å². The molecule has 5 nitrogen and oxygen atoms in total. The van der Waals surface area contributed by atoms with E-state index in [4.69, 9.17) is 0 Å². The Morgan fingerprint density at radius 3 is 2.19 bits per heavy atom. The topological polar surface area (TPSA) is 61.4 Å². The van der Waals surface area contributed by atoms with Gasteiger partial charge < -0.3 is 15.5 Å². The number of nitrogens with one attached hydrogen (secondary N) is 2. The Hall–Kier alpha value is -2.82. The smallest absolute Gasteiger partial charge is 0.317 e. The number of hydrogen-bond acceptors (Lipinski definition) is 2. The number of carbonyl (C=O) groups excluding carboxylic acids is 2. The molecule has 3 rings (SSSR count). The molecule has 0 bridgehead atoms. The molecular formula is C21H25N3O2.